The van der Waals surface area contributed by atoms with E-state index in [1.54, 1.807) is 37.3 Å². The van der Waals surface area contributed by atoms with Gasteiger partial charge in [-0.25, -0.2) is 9.67 Å². The van der Waals surface area contributed by atoms with E-state index in [1.165, 1.54) is 0 Å². The summed E-state index contributed by atoms with van der Waals surface area (Å²) in [4.78, 5) is 20.1. The van der Waals surface area contributed by atoms with Crippen LogP contribution < -0.4 is 14.2 Å². The van der Waals surface area contributed by atoms with E-state index in [9.17, 15) is 9.90 Å². The highest BCUT2D eigenvalue weighted by molar-refractivity contribution is 5.70. The van der Waals surface area contributed by atoms with Crippen molar-refractivity contribution in [3.63, 3.8) is 0 Å². The first kappa shape index (κ1) is 22.5. The van der Waals surface area contributed by atoms with Crippen LogP contribution in [-0.4, -0.2) is 49.3 Å². The van der Waals surface area contributed by atoms with Gasteiger partial charge in [0.2, 0.25) is 0 Å². The molecule has 0 radical (unpaired) electrons. The van der Waals surface area contributed by atoms with Crippen LogP contribution in [0.4, 0.5) is 0 Å². The van der Waals surface area contributed by atoms with E-state index in [4.69, 9.17) is 14.2 Å². The predicted molar refractivity (Wildman–Crippen MR) is 118 cm³/mol. The largest absolute Gasteiger partial charge is 0.495 e. The van der Waals surface area contributed by atoms with Crippen molar-refractivity contribution in [2.75, 3.05) is 7.11 Å². The van der Waals surface area contributed by atoms with Crippen molar-refractivity contribution in [1.29, 1.82) is 0 Å². The van der Waals surface area contributed by atoms with Crippen molar-refractivity contribution < 1.29 is 24.1 Å². The average Bonchev–Trinajstić information content (AvgIpc) is 3.19. The fraction of sp³-hybridized carbons (Fsp3) is 0.435. The summed E-state index contributed by atoms with van der Waals surface area (Å²) >= 11 is 0. The minimum absolute atomic E-state index is 0.122. The quantitative estimate of drug-likeness (QED) is 0.548. The molecule has 3 heterocycles. The molecule has 4 rings (SSSR count). The number of aromatic nitrogens is 5. The lowest BCUT2D eigenvalue weighted by atomic mass is 9.87. The highest BCUT2D eigenvalue weighted by Crippen LogP contribution is 2.30. The van der Waals surface area contributed by atoms with E-state index >= 15 is 0 Å². The molecule has 10 heteroatoms. The maximum atomic E-state index is 11.3. The SMILES string of the molecule is COc1cncc(OCc2c(-c3ccc(O[C@H]4CCC[C@H](C(=O)O)C4)c(C)n3)nnn2C)c1. The van der Waals surface area contributed by atoms with Crippen LogP contribution in [0.2, 0.25) is 0 Å². The van der Waals surface area contributed by atoms with Gasteiger partial charge in [0.05, 0.1) is 42.9 Å². The van der Waals surface area contributed by atoms with Gasteiger partial charge in [0, 0.05) is 13.1 Å². The molecule has 1 saturated carbocycles. The minimum atomic E-state index is -0.754. The maximum Gasteiger partial charge on any atom is 0.306 e. The maximum absolute atomic E-state index is 11.3. The van der Waals surface area contributed by atoms with E-state index < -0.39 is 5.97 Å². The summed E-state index contributed by atoms with van der Waals surface area (Å²) in [6, 6.07) is 5.44. The van der Waals surface area contributed by atoms with Gasteiger partial charge in [0.15, 0.2) is 0 Å². The van der Waals surface area contributed by atoms with Crippen LogP contribution in [0, 0.1) is 12.8 Å². The molecule has 3 aromatic rings. The summed E-state index contributed by atoms with van der Waals surface area (Å²) in [5, 5.41) is 17.7. The highest BCUT2D eigenvalue weighted by atomic mass is 16.5. The van der Waals surface area contributed by atoms with Gasteiger partial charge in [0.25, 0.3) is 0 Å². The van der Waals surface area contributed by atoms with Gasteiger partial charge in [-0.05, 0) is 44.7 Å². The lowest BCUT2D eigenvalue weighted by Gasteiger charge is -2.27. The lowest BCUT2D eigenvalue weighted by molar-refractivity contribution is -0.143. The fourth-order valence-corrected chi connectivity index (χ4v) is 3.94. The second kappa shape index (κ2) is 9.85. The molecule has 0 spiro atoms. The number of aliphatic carboxylic acids is 1. The number of hydrogen-bond acceptors (Lipinski definition) is 8. The molecule has 1 fully saturated rings. The Bertz CT molecular complexity index is 1130. The third-order valence-electron chi connectivity index (χ3n) is 5.79. The Labute approximate surface area is 191 Å². The van der Waals surface area contributed by atoms with E-state index in [0.717, 1.165) is 18.5 Å². The Hall–Kier alpha value is -3.69. The number of rotatable bonds is 8. The molecule has 0 unspecified atom stereocenters. The van der Waals surface area contributed by atoms with Gasteiger partial charge in [-0.1, -0.05) is 5.21 Å². The monoisotopic (exact) mass is 453 g/mol. The third kappa shape index (κ3) is 5.21. The van der Waals surface area contributed by atoms with Crippen molar-refractivity contribution in [3.8, 4) is 28.6 Å². The molecule has 0 saturated heterocycles. The van der Waals surface area contributed by atoms with Gasteiger partial charge in [0.1, 0.15) is 35.2 Å². The third-order valence-corrected chi connectivity index (χ3v) is 5.79. The Morgan fingerprint density at radius 3 is 2.82 bits per heavy atom. The molecule has 1 aliphatic rings. The topological polar surface area (TPSA) is 121 Å². The molecule has 1 N–H and O–H groups in total. The molecule has 2 atom stereocenters. The summed E-state index contributed by atoms with van der Waals surface area (Å²) < 4.78 is 18.8. The number of pyridine rings is 2. The number of carboxylic acid groups (broad SMARTS) is 1. The van der Waals surface area contributed by atoms with Crippen LogP contribution in [-0.2, 0) is 18.4 Å². The Balaban J connectivity index is 1.48. The smallest absolute Gasteiger partial charge is 0.306 e. The van der Waals surface area contributed by atoms with Gasteiger partial charge < -0.3 is 19.3 Å². The predicted octanol–water partition coefficient (Wildman–Crippen LogP) is 3.19. The van der Waals surface area contributed by atoms with Crippen molar-refractivity contribution >= 4 is 5.97 Å². The van der Waals surface area contributed by atoms with Crippen LogP contribution in [0.15, 0.2) is 30.6 Å². The summed E-state index contributed by atoms with van der Waals surface area (Å²) in [6.45, 7) is 2.09. The van der Waals surface area contributed by atoms with Crippen molar-refractivity contribution in [1.82, 2.24) is 25.0 Å². The zero-order chi connectivity index (χ0) is 23.4. The van der Waals surface area contributed by atoms with E-state index in [0.29, 0.717) is 47.2 Å². The zero-order valence-corrected chi connectivity index (χ0v) is 18.9. The first-order valence-electron chi connectivity index (χ1n) is 10.8. The van der Waals surface area contributed by atoms with Crippen LogP contribution in [0.1, 0.15) is 37.1 Å². The average molecular weight is 453 g/mol. The summed E-state index contributed by atoms with van der Waals surface area (Å²) in [6.07, 6.45) is 6.00. The number of ether oxygens (including phenoxy) is 3. The summed E-state index contributed by atoms with van der Waals surface area (Å²) in [5.41, 5.74) is 2.74. The van der Waals surface area contributed by atoms with Crippen LogP contribution in [0.5, 0.6) is 17.2 Å². The molecule has 10 nitrogen and oxygen atoms in total. The molecule has 0 aliphatic heterocycles. The van der Waals surface area contributed by atoms with Gasteiger partial charge in [-0.3, -0.25) is 9.78 Å². The van der Waals surface area contributed by atoms with Crippen molar-refractivity contribution in [3.05, 3.63) is 42.0 Å². The van der Waals surface area contributed by atoms with Crippen LogP contribution in [0.25, 0.3) is 11.4 Å². The van der Waals surface area contributed by atoms with Gasteiger partial charge in [-0.2, -0.15) is 0 Å². The van der Waals surface area contributed by atoms with Crippen LogP contribution in [0.3, 0.4) is 0 Å². The van der Waals surface area contributed by atoms with Gasteiger partial charge in [-0.15, -0.1) is 5.10 Å². The number of aryl methyl sites for hydroxylation is 2. The van der Waals surface area contributed by atoms with Crippen molar-refractivity contribution in [2.24, 2.45) is 13.0 Å². The number of carboxylic acids is 1. The minimum Gasteiger partial charge on any atom is -0.495 e. The van der Waals surface area contributed by atoms with Gasteiger partial charge >= 0.3 is 5.97 Å². The molecular formula is C23H27N5O5. The lowest BCUT2D eigenvalue weighted by Crippen LogP contribution is -2.29. The first-order chi connectivity index (χ1) is 15.9. The molecular weight excluding hydrogens is 426 g/mol. The van der Waals surface area contributed by atoms with E-state index in [2.05, 4.69) is 20.3 Å². The number of nitrogens with zero attached hydrogens (tertiary/aromatic N) is 5. The number of methoxy groups -OCH3 is 1. The molecule has 33 heavy (non-hydrogen) atoms. The van der Waals surface area contributed by atoms with Crippen molar-refractivity contribution in [2.45, 2.75) is 45.3 Å². The van der Waals surface area contributed by atoms with E-state index in [-0.39, 0.29) is 18.6 Å². The normalized spacial score (nSPS) is 18.0. The molecule has 1 aliphatic carbocycles. The summed E-state index contributed by atoms with van der Waals surface area (Å²) in [5.74, 6) is 0.727. The van der Waals surface area contributed by atoms with Crippen LogP contribution >= 0.6 is 0 Å². The molecule has 0 aromatic carbocycles. The number of carbonyl (C=O) groups is 1. The summed E-state index contributed by atoms with van der Waals surface area (Å²) in [7, 11) is 3.37. The Morgan fingerprint density at radius 2 is 2.06 bits per heavy atom. The highest BCUT2D eigenvalue weighted by Gasteiger charge is 2.28. The Kier molecular flexibility index (Phi) is 6.71. The second-order valence-electron chi connectivity index (χ2n) is 8.08. The Morgan fingerprint density at radius 1 is 1.24 bits per heavy atom. The molecule has 3 aromatic heterocycles. The standard InChI is InChI=1S/C23H27N5O5/c1-14-21(33-16-6-4-5-15(9-16)23(29)30)8-7-19(25-14)22-20(28(2)27-26-22)13-32-18-10-17(31-3)11-24-12-18/h7-8,10-12,15-16H,4-6,9,13H2,1-3H3,(H,29,30)/t15-,16-/m0/s1. The second-order valence-corrected chi connectivity index (χ2v) is 8.08. The first-order valence-corrected chi connectivity index (χ1v) is 10.8. The fourth-order valence-electron chi connectivity index (χ4n) is 3.94. The molecule has 0 amide bonds. The zero-order valence-electron chi connectivity index (χ0n) is 18.9. The molecule has 0 bridgehead atoms. The van der Waals surface area contributed by atoms with E-state index in [1.807, 2.05) is 19.1 Å². The molecule has 174 valence electrons. The number of hydrogen-bond donors (Lipinski definition) is 1.